The number of hydrogen-bond acceptors (Lipinski definition) is 6. The molecule has 6 nitrogen and oxygen atoms in total. The molecule has 0 saturated heterocycles. The summed E-state index contributed by atoms with van der Waals surface area (Å²) in [6.07, 6.45) is -0.731. The van der Waals surface area contributed by atoms with Crippen LogP contribution in [-0.4, -0.2) is 54.8 Å². The van der Waals surface area contributed by atoms with Gasteiger partial charge in [-0.1, -0.05) is 0 Å². The number of aliphatic hydroxyl groups is 2. The molecule has 1 atom stereocenters. The first kappa shape index (κ1) is 13.8. The molecule has 0 amide bonds. The minimum absolute atomic E-state index is 0.218. The normalized spacial score (nSPS) is 14.4. The second-order valence-electron chi connectivity index (χ2n) is 3.24. The third-order valence-electron chi connectivity index (χ3n) is 2.13. The number of aliphatic hydroxyl groups excluding tert-OH is 2. The van der Waals surface area contributed by atoms with Gasteiger partial charge in [0.1, 0.15) is 5.66 Å². The summed E-state index contributed by atoms with van der Waals surface area (Å²) in [6, 6.07) is 0. The van der Waals surface area contributed by atoms with Crippen LogP contribution in [0.5, 0.6) is 0 Å². The summed E-state index contributed by atoms with van der Waals surface area (Å²) in [4.78, 5) is 0. The van der Waals surface area contributed by atoms with Crippen LogP contribution in [0.2, 0.25) is 0 Å². The Balaban J connectivity index is 4.27. The molecular weight excluding hydrogens is 184 g/mol. The fourth-order valence-electron chi connectivity index (χ4n) is 1.19. The topological polar surface area (TPSA) is 117 Å². The van der Waals surface area contributed by atoms with Crippen LogP contribution in [0.3, 0.4) is 0 Å². The van der Waals surface area contributed by atoms with Crippen molar-refractivity contribution in [1.29, 1.82) is 0 Å². The van der Waals surface area contributed by atoms with Crippen LogP contribution in [0.4, 0.5) is 0 Å². The van der Waals surface area contributed by atoms with E-state index < -0.39 is 11.8 Å². The van der Waals surface area contributed by atoms with Gasteiger partial charge in [-0.15, -0.1) is 0 Å². The molecule has 1 unspecified atom stereocenters. The molecule has 0 bridgehead atoms. The predicted octanol–water partition coefficient (Wildman–Crippen LogP) is -2.85. The van der Waals surface area contributed by atoms with Crippen molar-refractivity contribution in [1.82, 2.24) is 10.6 Å². The molecule has 0 aromatic heterocycles. The zero-order valence-electron chi connectivity index (χ0n) is 8.66. The quantitative estimate of drug-likeness (QED) is 0.238. The van der Waals surface area contributed by atoms with Crippen molar-refractivity contribution in [2.24, 2.45) is 11.5 Å². The van der Waals surface area contributed by atoms with Crippen LogP contribution in [-0.2, 0) is 0 Å². The van der Waals surface area contributed by atoms with Gasteiger partial charge in [0.2, 0.25) is 0 Å². The van der Waals surface area contributed by atoms with Crippen LogP contribution < -0.4 is 22.1 Å². The molecule has 0 radical (unpaired) electrons. The van der Waals surface area contributed by atoms with Crippen molar-refractivity contribution in [2.45, 2.75) is 18.7 Å². The lowest BCUT2D eigenvalue weighted by Crippen LogP contribution is -2.67. The minimum atomic E-state index is -0.904. The van der Waals surface area contributed by atoms with Gasteiger partial charge < -0.3 is 21.7 Å². The molecule has 0 aliphatic carbocycles. The molecule has 86 valence electrons. The summed E-state index contributed by atoms with van der Waals surface area (Å²) < 4.78 is 0. The SMILES string of the molecule is CC(O)C(CO)(NCCN)NCCN. The molecule has 0 spiro atoms. The average Bonchev–Trinajstić information content (AvgIpc) is 2.18. The molecule has 0 aromatic carbocycles. The predicted molar refractivity (Wildman–Crippen MR) is 55.6 cm³/mol. The van der Waals surface area contributed by atoms with E-state index >= 15 is 0 Å². The first-order valence-electron chi connectivity index (χ1n) is 4.82. The van der Waals surface area contributed by atoms with E-state index in [2.05, 4.69) is 10.6 Å². The lowest BCUT2D eigenvalue weighted by Gasteiger charge is -2.36. The second kappa shape index (κ2) is 7.10. The van der Waals surface area contributed by atoms with Crippen LogP contribution in [0.1, 0.15) is 6.92 Å². The van der Waals surface area contributed by atoms with Gasteiger partial charge in [-0.3, -0.25) is 10.6 Å². The smallest absolute Gasteiger partial charge is 0.119 e. The zero-order valence-corrected chi connectivity index (χ0v) is 8.66. The maximum atomic E-state index is 9.55. The standard InChI is InChI=1S/C8H22N4O2/c1-7(14)8(6-13,11-4-2-9)12-5-3-10/h7,11-14H,2-6,9-10H2,1H3. The van der Waals surface area contributed by atoms with Gasteiger partial charge in [-0.2, -0.15) is 0 Å². The Morgan fingerprint density at radius 2 is 1.64 bits per heavy atom. The van der Waals surface area contributed by atoms with Gasteiger partial charge >= 0.3 is 0 Å². The molecule has 0 aliphatic heterocycles. The molecule has 0 fully saturated rings. The highest BCUT2D eigenvalue weighted by atomic mass is 16.3. The monoisotopic (exact) mass is 206 g/mol. The van der Waals surface area contributed by atoms with Gasteiger partial charge in [0, 0.05) is 26.2 Å². The van der Waals surface area contributed by atoms with E-state index in [4.69, 9.17) is 11.5 Å². The Morgan fingerprint density at radius 1 is 1.21 bits per heavy atom. The summed E-state index contributed by atoms with van der Waals surface area (Å²) in [5.74, 6) is 0. The summed E-state index contributed by atoms with van der Waals surface area (Å²) in [5.41, 5.74) is 9.78. The summed E-state index contributed by atoms with van der Waals surface area (Å²) in [5, 5.41) is 24.7. The van der Waals surface area contributed by atoms with Crippen LogP contribution in [0.25, 0.3) is 0 Å². The molecule has 0 rings (SSSR count). The molecule has 0 aliphatic rings. The van der Waals surface area contributed by atoms with E-state index in [-0.39, 0.29) is 6.61 Å². The van der Waals surface area contributed by atoms with E-state index in [9.17, 15) is 10.2 Å². The highest BCUT2D eigenvalue weighted by molar-refractivity contribution is 4.90. The number of nitrogens with two attached hydrogens (primary N) is 2. The summed E-state index contributed by atoms with van der Waals surface area (Å²) in [6.45, 7) is 3.30. The molecule has 0 heterocycles. The number of hydrogen-bond donors (Lipinski definition) is 6. The van der Waals surface area contributed by atoms with Gasteiger partial charge in [0.25, 0.3) is 0 Å². The van der Waals surface area contributed by atoms with Gasteiger partial charge in [0.15, 0.2) is 0 Å². The molecule has 0 saturated carbocycles. The fourth-order valence-corrected chi connectivity index (χ4v) is 1.19. The van der Waals surface area contributed by atoms with E-state index in [0.29, 0.717) is 26.2 Å². The summed E-state index contributed by atoms with van der Waals surface area (Å²) in [7, 11) is 0. The Kier molecular flexibility index (Phi) is 6.98. The van der Waals surface area contributed by atoms with Crippen LogP contribution in [0.15, 0.2) is 0 Å². The third kappa shape index (κ3) is 3.87. The number of rotatable bonds is 8. The molecule has 14 heavy (non-hydrogen) atoms. The Bertz CT molecular complexity index is 135. The lowest BCUT2D eigenvalue weighted by molar-refractivity contribution is 0.00874. The Morgan fingerprint density at radius 3 is 1.86 bits per heavy atom. The van der Waals surface area contributed by atoms with Gasteiger partial charge in [-0.25, -0.2) is 0 Å². The number of nitrogens with one attached hydrogen (secondary N) is 2. The maximum absolute atomic E-state index is 9.55. The Labute approximate surface area is 84.7 Å². The Hall–Kier alpha value is -0.240. The van der Waals surface area contributed by atoms with Gasteiger partial charge in [0.05, 0.1) is 12.7 Å². The molecule has 0 aromatic rings. The first-order valence-corrected chi connectivity index (χ1v) is 4.82. The largest absolute Gasteiger partial charge is 0.393 e. The van der Waals surface area contributed by atoms with Crippen LogP contribution in [0, 0.1) is 0 Å². The van der Waals surface area contributed by atoms with Crippen molar-refractivity contribution >= 4 is 0 Å². The van der Waals surface area contributed by atoms with Gasteiger partial charge in [-0.05, 0) is 6.92 Å². The van der Waals surface area contributed by atoms with Crippen molar-refractivity contribution in [3.63, 3.8) is 0 Å². The lowest BCUT2D eigenvalue weighted by atomic mass is 10.1. The van der Waals surface area contributed by atoms with Crippen molar-refractivity contribution in [3.05, 3.63) is 0 Å². The molecule has 6 heteroatoms. The second-order valence-corrected chi connectivity index (χ2v) is 3.24. The van der Waals surface area contributed by atoms with E-state index in [1.165, 1.54) is 0 Å². The average molecular weight is 206 g/mol. The van der Waals surface area contributed by atoms with E-state index in [0.717, 1.165) is 0 Å². The summed E-state index contributed by atoms with van der Waals surface area (Å²) >= 11 is 0. The minimum Gasteiger partial charge on any atom is -0.393 e. The zero-order chi connectivity index (χ0) is 11.0. The third-order valence-corrected chi connectivity index (χ3v) is 2.13. The van der Waals surface area contributed by atoms with E-state index in [1.54, 1.807) is 6.92 Å². The van der Waals surface area contributed by atoms with E-state index in [1.807, 2.05) is 0 Å². The highest BCUT2D eigenvalue weighted by Crippen LogP contribution is 2.05. The van der Waals surface area contributed by atoms with Crippen molar-refractivity contribution in [3.8, 4) is 0 Å². The first-order chi connectivity index (χ1) is 6.63. The molecule has 8 N–H and O–H groups in total. The van der Waals surface area contributed by atoms with Crippen molar-refractivity contribution < 1.29 is 10.2 Å². The molecular formula is C8H22N4O2. The highest BCUT2D eigenvalue weighted by Gasteiger charge is 2.33. The van der Waals surface area contributed by atoms with Crippen LogP contribution >= 0.6 is 0 Å². The fraction of sp³-hybridized carbons (Fsp3) is 1.00. The maximum Gasteiger partial charge on any atom is 0.119 e. The van der Waals surface area contributed by atoms with Crippen molar-refractivity contribution in [2.75, 3.05) is 32.8 Å².